The summed E-state index contributed by atoms with van der Waals surface area (Å²) in [7, 11) is 3.42. The summed E-state index contributed by atoms with van der Waals surface area (Å²) in [4.78, 5) is 15.8. The average Bonchev–Trinajstić information content (AvgIpc) is 2.56. The smallest absolute Gasteiger partial charge is 0.251 e. The van der Waals surface area contributed by atoms with Gasteiger partial charge in [-0.25, -0.2) is 0 Å². The summed E-state index contributed by atoms with van der Waals surface area (Å²) in [6, 6.07) is 7.70. The molecule has 0 fully saturated rings. The fraction of sp³-hybridized carbons (Fsp3) is 0.529. The van der Waals surface area contributed by atoms with Gasteiger partial charge in [-0.05, 0) is 30.5 Å². The molecular formula is C17H28N4O. The van der Waals surface area contributed by atoms with Crippen LogP contribution >= 0.6 is 0 Å². The van der Waals surface area contributed by atoms with Gasteiger partial charge in [0.15, 0.2) is 5.96 Å². The topological polar surface area (TPSA) is 65.5 Å². The molecule has 0 aliphatic carbocycles. The van der Waals surface area contributed by atoms with Crippen LogP contribution in [-0.2, 0) is 6.42 Å². The van der Waals surface area contributed by atoms with E-state index in [-0.39, 0.29) is 5.91 Å². The standard InChI is InChI=1S/C17H28N4O/c1-4-5-6-11-20-17(19-3)21-12-10-14-8-7-9-15(13-14)16(22)18-2/h7-9,13H,4-6,10-12H2,1-3H3,(H,18,22)(H2,19,20,21). The van der Waals surface area contributed by atoms with Crippen molar-refractivity contribution >= 4 is 11.9 Å². The molecule has 5 heteroatoms. The number of nitrogens with one attached hydrogen (secondary N) is 3. The van der Waals surface area contributed by atoms with Crippen LogP contribution in [0.5, 0.6) is 0 Å². The lowest BCUT2D eigenvalue weighted by Crippen LogP contribution is -2.38. The zero-order valence-electron chi connectivity index (χ0n) is 13.9. The van der Waals surface area contributed by atoms with E-state index in [0.717, 1.165) is 37.5 Å². The summed E-state index contributed by atoms with van der Waals surface area (Å²) in [5, 5.41) is 9.24. The second kappa shape index (κ2) is 10.7. The minimum absolute atomic E-state index is 0.0526. The number of aliphatic imine (C=N–C) groups is 1. The molecule has 1 rings (SSSR count). The van der Waals surface area contributed by atoms with E-state index in [2.05, 4.69) is 27.9 Å². The number of benzene rings is 1. The summed E-state index contributed by atoms with van der Waals surface area (Å²) in [6.07, 6.45) is 4.46. The molecule has 0 saturated heterocycles. The van der Waals surface area contributed by atoms with Crippen molar-refractivity contribution in [1.29, 1.82) is 0 Å². The Labute approximate surface area is 133 Å². The van der Waals surface area contributed by atoms with E-state index in [1.165, 1.54) is 12.8 Å². The van der Waals surface area contributed by atoms with Crippen molar-refractivity contribution < 1.29 is 4.79 Å². The van der Waals surface area contributed by atoms with Crippen molar-refractivity contribution in [3.05, 3.63) is 35.4 Å². The molecule has 22 heavy (non-hydrogen) atoms. The van der Waals surface area contributed by atoms with E-state index < -0.39 is 0 Å². The highest BCUT2D eigenvalue weighted by Gasteiger charge is 2.04. The molecular weight excluding hydrogens is 276 g/mol. The number of carbonyl (C=O) groups excluding carboxylic acids is 1. The van der Waals surface area contributed by atoms with Crippen molar-refractivity contribution in [2.24, 2.45) is 4.99 Å². The van der Waals surface area contributed by atoms with E-state index >= 15 is 0 Å². The third kappa shape index (κ3) is 6.61. The Bertz CT molecular complexity index is 485. The number of guanidine groups is 1. The maximum Gasteiger partial charge on any atom is 0.251 e. The van der Waals surface area contributed by atoms with Gasteiger partial charge in [0.25, 0.3) is 5.91 Å². The van der Waals surface area contributed by atoms with Crippen molar-refractivity contribution in [3.63, 3.8) is 0 Å². The minimum Gasteiger partial charge on any atom is -0.356 e. The molecule has 1 aromatic rings. The molecule has 0 unspecified atom stereocenters. The number of hydrogen-bond acceptors (Lipinski definition) is 2. The molecule has 0 atom stereocenters. The first-order chi connectivity index (χ1) is 10.7. The first-order valence-electron chi connectivity index (χ1n) is 7.96. The zero-order chi connectivity index (χ0) is 16.2. The van der Waals surface area contributed by atoms with Crippen LogP contribution in [0.2, 0.25) is 0 Å². The van der Waals surface area contributed by atoms with Crippen molar-refractivity contribution in [2.45, 2.75) is 32.6 Å². The van der Waals surface area contributed by atoms with Crippen LogP contribution in [0.25, 0.3) is 0 Å². The number of amides is 1. The molecule has 0 bridgehead atoms. The van der Waals surface area contributed by atoms with Crippen molar-refractivity contribution in [2.75, 3.05) is 27.2 Å². The van der Waals surface area contributed by atoms with E-state index in [0.29, 0.717) is 5.56 Å². The first kappa shape index (κ1) is 18.0. The van der Waals surface area contributed by atoms with Gasteiger partial charge in [0, 0.05) is 32.7 Å². The predicted octanol–water partition coefficient (Wildman–Crippen LogP) is 1.94. The third-order valence-electron chi connectivity index (χ3n) is 3.42. The number of nitrogens with zero attached hydrogens (tertiary/aromatic N) is 1. The molecule has 5 nitrogen and oxygen atoms in total. The van der Waals surface area contributed by atoms with E-state index in [1.807, 2.05) is 24.3 Å². The number of rotatable bonds is 8. The number of carbonyl (C=O) groups is 1. The Balaban J connectivity index is 2.38. The summed E-state index contributed by atoms with van der Waals surface area (Å²) < 4.78 is 0. The fourth-order valence-corrected chi connectivity index (χ4v) is 2.14. The SMILES string of the molecule is CCCCCNC(=NC)NCCc1cccc(C(=O)NC)c1. The van der Waals surface area contributed by atoms with E-state index in [1.54, 1.807) is 14.1 Å². The van der Waals surface area contributed by atoms with Gasteiger partial charge in [0.2, 0.25) is 0 Å². The monoisotopic (exact) mass is 304 g/mol. The molecule has 3 N–H and O–H groups in total. The van der Waals surface area contributed by atoms with Gasteiger partial charge >= 0.3 is 0 Å². The van der Waals surface area contributed by atoms with Crippen LogP contribution < -0.4 is 16.0 Å². The highest BCUT2D eigenvalue weighted by molar-refractivity contribution is 5.94. The minimum atomic E-state index is -0.0526. The Morgan fingerprint density at radius 1 is 1.18 bits per heavy atom. The largest absolute Gasteiger partial charge is 0.356 e. The van der Waals surface area contributed by atoms with Gasteiger partial charge in [0.05, 0.1) is 0 Å². The van der Waals surface area contributed by atoms with Gasteiger partial charge < -0.3 is 16.0 Å². The molecule has 0 spiro atoms. The average molecular weight is 304 g/mol. The lowest BCUT2D eigenvalue weighted by atomic mass is 10.1. The predicted molar refractivity (Wildman–Crippen MR) is 92.4 cm³/mol. The molecule has 0 aliphatic heterocycles. The number of hydrogen-bond donors (Lipinski definition) is 3. The van der Waals surface area contributed by atoms with Gasteiger partial charge in [-0.2, -0.15) is 0 Å². The summed E-state index contributed by atoms with van der Waals surface area (Å²) in [5.41, 5.74) is 1.83. The van der Waals surface area contributed by atoms with Gasteiger partial charge in [-0.15, -0.1) is 0 Å². The molecule has 0 aromatic heterocycles. The molecule has 0 radical (unpaired) electrons. The Morgan fingerprint density at radius 2 is 1.95 bits per heavy atom. The van der Waals surface area contributed by atoms with E-state index in [4.69, 9.17) is 0 Å². The van der Waals surface area contributed by atoms with Gasteiger partial charge in [-0.3, -0.25) is 9.79 Å². The summed E-state index contributed by atoms with van der Waals surface area (Å²) in [5.74, 6) is 0.779. The van der Waals surface area contributed by atoms with Crippen molar-refractivity contribution in [1.82, 2.24) is 16.0 Å². The quantitative estimate of drug-likeness (QED) is 0.391. The van der Waals surface area contributed by atoms with Gasteiger partial charge in [-0.1, -0.05) is 31.9 Å². The van der Waals surface area contributed by atoms with Crippen LogP contribution in [0.1, 0.15) is 42.1 Å². The van der Waals surface area contributed by atoms with Crippen LogP contribution in [0.15, 0.2) is 29.3 Å². The molecule has 122 valence electrons. The van der Waals surface area contributed by atoms with Crippen LogP contribution in [0, 0.1) is 0 Å². The zero-order valence-corrected chi connectivity index (χ0v) is 13.9. The number of unbranched alkanes of at least 4 members (excludes halogenated alkanes) is 2. The lowest BCUT2D eigenvalue weighted by Gasteiger charge is -2.12. The third-order valence-corrected chi connectivity index (χ3v) is 3.42. The fourth-order valence-electron chi connectivity index (χ4n) is 2.14. The van der Waals surface area contributed by atoms with Gasteiger partial charge in [0.1, 0.15) is 0 Å². The van der Waals surface area contributed by atoms with E-state index in [9.17, 15) is 4.79 Å². The maximum absolute atomic E-state index is 11.6. The second-order valence-electron chi connectivity index (χ2n) is 5.16. The summed E-state index contributed by atoms with van der Waals surface area (Å²) in [6.45, 7) is 3.92. The Kier molecular flexibility index (Phi) is 8.72. The summed E-state index contributed by atoms with van der Waals surface area (Å²) >= 11 is 0. The lowest BCUT2D eigenvalue weighted by molar-refractivity contribution is 0.0963. The van der Waals surface area contributed by atoms with Crippen LogP contribution in [-0.4, -0.2) is 39.1 Å². The maximum atomic E-state index is 11.6. The highest BCUT2D eigenvalue weighted by Crippen LogP contribution is 2.05. The molecule has 1 amide bonds. The second-order valence-corrected chi connectivity index (χ2v) is 5.16. The normalized spacial score (nSPS) is 11.1. The molecule has 1 aromatic carbocycles. The van der Waals surface area contributed by atoms with Crippen LogP contribution in [0.4, 0.5) is 0 Å². The molecule has 0 aliphatic rings. The highest BCUT2D eigenvalue weighted by atomic mass is 16.1. The molecule has 0 heterocycles. The van der Waals surface area contributed by atoms with Crippen molar-refractivity contribution in [3.8, 4) is 0 Å². The van der Waals surface area contributed by atoms with Crippen LogP contribution in [0.3, 0.4) is 0 Å². The molecule has 0 saturated carbocycles. The Morgan fingerprint density at radius 3 is 2.64 bits per heavy atom. The first-order valence-corrected chi connectivity index (χ1v) is 7.96. The Hall–Kier alpha value is -2.04.